The minimum Gasteiger partial charge on any atom is -0.497 e. The van der Waals surface area contributed by atoms with E-state index in [2.05, 4.69) is 313 Å². The van der Waals surface area contributed by atoms with Gasteiger partial charge in [-0.05, 0) is 262 Å². The van der Waals surface area contributed by atoms with Crippen molar-refractivity contribution in [3.8, 4) is 10.6 Å². The molecule has 12 aromatic rings. The zero-order chi connectivity index (χ0) is 96.5. The Morgan fingerprint density at radius 2 is 1.03 bits per heavy atom. The average molecular weight is 1930 g/mol. The van der Waals surface area contributed by atoms with Crippen LogP contribution in [0.5, 0.6) is 0 Å². The number of aromatic nitrogens is 5. The highest BCUT2D eigenvalue weighted by molar-refractivity contribution is 7.99. The van der Waals surface area contributed by atoms with Crippen molar-refractivity contribution in [2.75, 3.05) is 155 Å². The highest BCUT2D eigenvalue weighted by Gasteiger charge is 2.17. The molecular formula is C112H136Cl4N16OS2+2. The fraction of sp³-hybridized carbons (Fsp3) is 0.250. The Kier molecular flexibility index (Phi) is 44.2. The lowest BCUT2D eigenvalue weighted by Gasteiger charge is -2.26. The van der Waals surface area contributed by atoms with Crippen LogP contribution < -0.4 is 45.9 Å². The van der Waals surface area contributed by atoms with Crippen molar-refractivity contribution >= 4 is 174 Å². The summed E-state index contributed by atoms with van der Waals surface area (Å²) in [6.07, 6.45) is 17.9. The summed E-state index contributed by atoms with van der Waals surface area (Å²) in [4.78, 5) is 42.3. The number of nitrogen functional groups attached to an aromatic ring is 1. The first-order valence-electron chi connectivity index (χ1n) is 44.6. The van der Waals surface area contributed by atoms with E-state index in [1.807, 2.05) is 172 Å². The van der Waals surface area contributed by atoms with Crippen molar-refractivity contribution in [1.82, 2.24) is 49.5 Å². The predicted octanol–water partition coefficient (Wildman–Crippen LogP) is 26.0. The number of ether oxygens (including phenoxy) is 1. The van der Waals surface area contributed by atoms with Gasteiger partial charge in [-0.25, -0.2) is 29.5 Å². The molecule has 17 nitrogen and oxygen atoms in total. The lowest BCUT2D eigenvalue weighted by Crippen LogP contribution is -2.29. The monoisotopic (exact) mass is 1920 g/mol. The number of hydrogen-bond acceptors (Lipinski definition) is 18. The maximum atomic E-state index is 5.93. The summed E-state index contributed by atoms with van der Waals surface area (Å²) in [5.74, 6) is 0.708. The summed E-state index contributed by atoms with van der Waals surface area (Å²) in [6, 6.07) is 73.4. The summed E-state index contributed by atoms with van der Waals surface area (Å²) >= 11 is 15.4. The highest BCUT2D eigenvalue weighted by atomic mass is 35.5. The third-order valence-electron chi connectivity index (χ3n) is 21.8. The number of methoxy groups -OCH3 is 1. The SMILES string of the molecule is C=C/C(=C\C(C)=C(/NC(C)CCCN(CC)CC)C(=C)/C=C\C(=C)Cl)OC.C=C/C=C\C(=C)N(CCCN(C)C)C(=C)/C=C(\C)Cl.CN(C)c1ccc2cc3ccc(N(C)C)cc3nc2c1.CN(C)c1ccc2nc3ccc(=[N+](C)C)cc-3sc2c1.Cc1cc2nc3ccc(N(C)C)cc3nc2cc1N.Cl.[ClH2+].c1ccc2c(c1)Nc1ccccc1S2.c1ccc2nc3ccccc3cc2c1. The molecule has 0 radical (unpaired) electrons. The van der Waals surface area contributed by atoms with E-state index in [-0.39, 0.29) is 24.8 Å². The largest absolute Gasteiger partial charge is 0.497 e. The van der Waals surface area contributed by atoms with E-state index in [1.165, 1.54) is 74.7 Å². The van der Waals surface area contributed by atoms with Gasteiger partial charge in [0.2, 0.25) is 5.36 Å². The van der Waals surface area contributed by atoms with E-state index < -0.39 is 0 Å². The molecular weight excluding hydrogens is 1790 g/mol. The van der Waals surface area contributed by atoms with Gasteiger partial charge >= 0.3 is 0 Å². The first kappa shape index (κ1) is 110. The molecule has 0 saturated heterocycles. The van der Waals surface area contributed by atoms with Gasteiger partial charge in [0.05, 0.1) is 95.8 Å². The normalized spacial score (nSPS) is 11.8. The van der Waals surface area contributed by atoms with Gasteiger partial charge in [-0.15, -0.1) is 23.7 Å². The number of fused-ring (bicyclic) bond motifs is 10. The van der Waals surface area contributed by atoms with Crippen LogP contribution in [0.25, 0.3) is 86.5 Å². The molecule has 3 aliphatic rings. The second kappa shape index (κ2) is 54.3. The highest BCUT2D eigenvalue weighted by Crippen LogP contribution is 2.44. The molecule has 1 aliphatic carbocycles. The average Bonchev–Trinajstić information content (AvgIpc) is 0.793. The molecule has 2 aliphatic heterocycles. The molecule has 1 atom stereocenters. The molecule has 9 aromatic carbocycles. The zero-order valence-corrected chi connectivity index (χ0v) is 86.9. The summed E-state index contributed by atoms with van der Waals surface area (Å²) in [6.45, 7) is 41.1. The third kappa shape index (κ3) is 33.1. The van der Waals surface area contributed by atoms with Crippen molar-refractivity contribution in [1.29, 1.82) is 0 Å². The Balaban J connectivity index is 0.000000216. The van der Waals surface area contributed by atoms with E-state index in [4.69, 9.17) is 43.6 Å². The van der Waals surface area contributed by atoms with Crippen molar-refractivity contribution < 1.29 is 17.1 Å². The van der Waals surface area contributed by atoms with Gasteiger partial charge in [-0.3, -0.25) is 0 Å². The lowest BCUT2D eigenvalue weighted by molar-refractivity contribution is -0.0000277. The van der Waals surface area contributed by atoms with Gasteiger partial charge in [-0.1, -0.05) is 179 Å². The van der Waals surface area contributed by atoms with Gasteiger partial charge in [0.15, 0.2) is 0 Å². The van der Waals surface area contributed by atoms with E-state index in [0.717, 1.165) is 153 Å². The summed E-state index contributed by atoms with van der Waals surface area (Å²) in [5.41, 5.74) is 29.2. The maximum Gasteiger partial charge on any atom is 0.201 e. The molecule has 1 unspecified atom stereocenters. The molecule has 0 spiro atoms. The number of nitrogens with one attached hydrogen (secondary N) is 2. The number of rotatable bonds is 27. The van der Waals surface area contributed by atoms with Crippen molar-refractivity contribution in [3.63, 3.8) is 0 Å². The quantitative estimate of drug-likeness (QED) is 0.0147. The first-order valence-corrected chi connectivity index (χ1v) is 47.0. The van der Waals surface area contributed by atoms with E-state index in [9.17, 15) is 0 Å². The minimum absolute atomic E-state index is 0. The van der Waals surface area contributed by atoms with E-state index >= 15 is 0 Å². The van der Waals surface area contributed by atoms with Crippen LogP contribution >= 0.6 is 58.7 Å². The Labute approximate surface area is 832 Å². The van der Waals surface area contributed by atoms with Crippen molar-refractivity contribution in [3.05, 3.63) is 355 Å². The summed E-state index contributed by atoms with van der Waals surface area (Å²) in [5, 5.41) is 14.2. The van der Waals surface area contributed by atoms with Crippen molar-refractivity contribution in [2.45, 2.75) is 76.6 Å². The maximum absolute atomic E-state index is 5.93. The minimum atomic E-state index is 0. The molecule has 5 heterocycles. The zero-order valence-electron chi connectivity index (χ0n) is 82.0. The number of hydrogen-bond donors (Lipinski definition) is 3. The van der Waals surface area contributed by atoms with Crippen LogP contribution in [0, 0.1) is 19.3 Å². The molecule has 708 valence electrons. The molecule has 15 rings (SSSR count). The number of nitrogens with two attached hydrogens (primary N) is 1. The second-order valence-corrected chi connectivity index (χ2v) is 36.8. The number of aryl methyl sites for hydroxylation is 1. The van der Waals surface area contributed by atoms with Crippen LogP contribution in [0.4, 0.5) is 39.8 Å². The van der Waals surface area contributed by atoms with Gasteiger partial charge in [0, 0.05) is 168 Å². The molecule has 0 saturated carbocycles. The molecule has 0 fully saturated rings. The number of halogens is 4. The first-order chi connectivity index (χ1) is 63.7. The van der Waals surface area contributed by atoms with Crippen molar-refractivity contribution in [2.24, 2.45) is 0 Å². The number of para-hydroxylation sites is 4. The van der Waals surface area contributed by atoms with Crippen LogP contribution in [-0.2, 0) is 4.74 Å². The number of anilines is 7. The molecule has 4 N–H and O–H groups in total. The van der Waals surface area contributed by atoms with E-state index in [0.29, 0.717) is 21.9 Å². The van der Waals surface area contributed by atoms with E-state index in [1.54, 1.807) is 36.7 Å². The smallest absolute Gasteiger partial charge is 0.201 e. The Morgan fingerprint density at radius 1 is 0.533 bits per heavy atom. The molecule has 0 amide bonds. The molecule has 23 heteroatoms. The number of nitrogens with zero attached hydrogens (tertiary/aromatic N) is 13. The lowest BCUT2D eigenvalue weighted by atomic mass is 10.0. The Hall–Kier alpha value is -12.3. The van der Waals surface area contributed by atoms with Crippen LogP contribution in [0.1, 0.15) is 59.4 Å². The molecule has 3 aromatic heterocycles. The Morgan fingerprint density at radius 3 is 1.56 bits per heavy atom. The van der Waals surface area contributed by atoms with Gasteiger partial charge in [0.1, 0.15) is 19.9 Å². The third-order valence-corrected chi connectivity index (χ3v) is 24.3. The topological polar surface area (TPSA) is 149 Å². The van der Waals surface area contributed by atoms with Crippen LogP contribution in [0.3, 0.4) is 0 Å². The number of allylic oxidation sites excluding steroid dienone is 11. The summed E-state index contributed by atoms with van der Waals surface area (Å²) < 4.78 is 8.65. The van der Waals surface area contributed by atoms with Crippen LogP contribution in [0.2, 0.25) is 0 Å². The van der Waals surface area contributed by atoms with Gasteiger partial charge in [0.25, 0.3) is 0 Å². The second-order valence-electron chi connectivity index (χ2n) is 33.6. The van der Waals surface area contributed by atoms with Gasteiger partial charge < -0.3 is 55.4 Å². The van der Waals surface area contributed by atoms with Crippen LogP contribution in [0.15, 0.2) is 354 Å². The predicted molar refractivity (Wildman–Crippen MR) is 594 cm³/mol. The number of pyridine rings is 2. The fourth-order valence-corrected chi connectivity index (χ4v) is 16.4. The fourth-order valence-electron chi connectivity index (χ4n) is 14.2. The van der Waals surface area contributed by atoms with Crippen LogP contribution in [-0.4, -0.2) is 170 Å². The summed E-state index contributed by atoms with van der Waals surface area (Å²) in [7, 11) is 26.2. The standard InChI is InChI=1S/C23H37ClN2O.C17H19N3.C16H25ClN2.C16H18N3S.C15H16N4.C13H9N.C12H9NS.ClH2.ClH/c1-9-22(27-8)17-19(5)23(18(4)14-15-20(6)24)25-21(7)13-12-16-26(10-2)11-3;1-19(2)14-7-5-12-9-13-6-8-15(20(3)4)11-17(13)18-16(12)10-14;1-7-8-10-15(3)19(12-9-11-18(5)6)16(4)13-14(2)17;1-18(2)11-5-7-13-15(9-11)20-16-10-12(19(3)4)6-8-14(16)17-13;1-9-6-13-15(8-11(9)16)18-14-7-10(19(2)3)4-5-12(14)17-13;1-3-7-12-10(5-1)9-11-6-2-4-8-13(11)14-12;1-3-7-11-9(5-1)13-10-6-2-4-8-12(10)14-11;;/h9,14-15,17,21,25H,1,4,6,10-13,16H2,2-3,5,7-8H3;5-11H,1-4H3;7-8,10,13H,1,3-4,9,11-12H2,2,5-6H3;5-10H,1-4H3;4-8H,16H2,1-3H3;1-9H;1-8,13H;1H2;1H/q;;;+1;;;;+1;/b15-14-,22-17+,23-19-;;10-8-,14-13+;;;;;;. The Bertz CT molecular complexity index is 6360. The number of benzene rings is 10. The molecule has 135 heavy (non-hydrogen) atoms. The van der Waals surface area contributed by atoms with Gasteiger partial charge in [-0.2, -0.15) is 0 Å². The molecule has 0 bridgehead atoms.